The van der Waals surface area contributed by atoms with Crippen molar-refractivity contribution in [2.24, 2.45) is 5.92 Å². The predicted octanol–water partition coefficient (Wildman–Crippen LogP) is 2.16. The molecular weight excluding hydrogens is 390 g/mol. The van der Waals surface area contributed by atoms with E-state index >= 15 is 0 Å². The molecule has 1 fully saturated rings. The Hall–Kier alpha value is -3.24. The fraction of sp³-hybridized carbons (Fsp3) is 0.579. The van der Waals surface area contributed by atoms with Crippen LogP contribution in [0, 0.1) is 16.0 Å². The van der Waals surface area contributed by atoms with E-state index in [9.17, 15) is 14.9 Å². The average Bonchev–Trinajstić information content (AvgIpc) is 3.21. The van der Waals surface area contributed by atoms with E-state index in [1.807, 2.05) is 13.8 Å². The summed E-state index contributed by atoms with van der Waals surface area (Å²) in [7, 11) is 0. The van der Waals surface area contributed by atoms with Crippen molar-refractivity contribution in [1.29, 1.82) is 0 Å². The van der Waals surface area contributed by atoms with Gasteiger partial charge in [0.15, 0.2) is 0 Å². The minimum absolute atomic E-state index is 0.00597. The van der Waals surface area contributed by atoms with E-state index in [0.29, 0.717) is 24.7 Å². The molecule has 0 spiro atoms. The highest BCUT2D eigenvalue weighted by Gasteiger charge is 2.28. The van der Waals surface area contributed by atoms with Crippen LogP contribution in [0.2, 0.25) is 0 Å². The number of hydrogen-bond acceptors (Lipinski definition) is 8. The van der Waals surface area contributed by atoms with Gasteiger partial charge in [-0.25, -0.2) is 14.6 Å². The Bertz CT molecular complexity index is 849. The van der Waals surface area contributed by atoms with Gasteiger partial charge >= 0.3 is 5.69 Å². The number of aromatic nitrogens is 4. The van der Waals surface area contributed by atoms with Crippen LogP contribution >= 0.6 is 0 Å². The number of nitro groups is 1. The lowest BCUT2D eigenvalue weighted by Gasteiger charge is -2.29. The van der Waals surface area contributed by atoms with Crippen LogP contribution in [0.25, 0.3) is 0 Å². The first-order chi connectivity index (χ1) is 14.4. The van der Waals surface area contributed by atoms with E-state index in [0.717, 1.165) is 25.7 Å². The molecule has 2 heterocycles. The Morgan fingerprint density at radius 2 is 2.13 bits per heavy atom. The summed E-state index contributed by atoms with van der Waals surface area (Å²) in [4.78, 5) is 31.0. The molecule has 0 radical (unpaired) electrons. The second kappa shape index (κ2) is 9.99. The Labute approximate surface area is 174 Å². The number of hydrogen-bond donors (Lipinski definition) is 2. The fourth-order valence-corrected chi connectivity index (χ4v) is 3.48. The van der Waals surface area contributed by atoms with Crippen LogP contribution in [-0.4, -0.2) is 49.3 Å². The number of ether oxygens (including phenoxy) is 1. The Morgan fingerprint density at radius 3 is 2.77 bits per heavy atom. The lowest BCUT2D eigenvalue weighted by Crippen LogP contribution is -2.38. The maximum Gasteiger partial charge on any atom is 0.310 e. The summed E-state index contributed by atoms with van der Waals surface area (Å²) < 4.78 is 7.24. The van der Waals surface area contributed by atoms with Gasteiger partial charge < -0.3 is 15.4 Å². The van der Waals surface area contributed by atoms with Gasteiger partial charge in [0, 0.05) is 24.1 Å². The summed E-state index contributed by atoms with van der Waals surface area (Å²) in [5, 5.41) is 21.6. The first-order valence-electron chi connectivity index (χ1n) is 10.1. The molecule has 1 aliphatic rings. The van der Waals surface area contributed by atoms with Crippen molar-refractivity contribution in [3.63, 3.8) is 0 Å². The number of anilines is 1. The molecule has 30 heavy (non-hydrogen) atoms. The molecule has 11 heteroatoms. The first-order valence-corrected chi connectivity index (χ1v) is 10.1. The first kappa shape index (κ1) is 21.5. The molecule has 1 amide bonds. The minimum atomic E-state index is -0.462. The summed E-state index contributed by atoms with van der Waals surface area (Å²) in [5.41, 5.74) is 0.277. The van der Waals surface area contributed by atoms with E-state index < -0.39 is 4.92 Å². The zero-order valence-corrected chi connectivity index (χ0v) is 17.2. The van der Waals surface area contributed by atoms with E-state index in [1.165, 1.54) is 12.5 Å². The molecule has 3 rings (SSSR count). The molecule has 162 valence electrons. The number of amides is 1. The fourth-order valence-electron chi connectivity index (χ4n) is 3.48. The topological polar surface area (TPSA) is 137 Å². The molecule has 0 atom stereocenters. The number of rotatable bonds is 9. The molecule has 0 bridgehead atoms. The van der Waals surface area contributed by atoms with Gasteiger partial charge in [-0.15, -0.1) is 0 Å². The lowest BCUT2D eigenvalue weighted by atomic mass is 9.85. The summed E-state index contributed by atoms with van der Waals surface area (Å²) >= 11 is 0. The largest absolute Gasteiger partial charge is 0.476 e. The van der Waals surface area contributed by atoms with Gasteiger partial charge in [0.25, 0.3) is 0 Å². The van der Waals surface area contributed by atoms with Crippen LogP contribution in [-0.2, 0) is 11.3 Å². The highest BCUT2D eigenvalue weighted by Crippen LogP contribution is 2.32. The number of carbonyl (C=O) groups is 1. The third kappa shape index (κ3) is 5.88. The Balaban J connectivity index is 1.58. The Kier molecular flexibility index (Phi) is 7.15. The van der Waals surface area contributed by atoms with Gasteiger partial charge in [0.1, 0.15) is 31.1 Å². The zero-order valence-electron chi connectivity index (χ0n) is 17.2. The SMILES string of the molecule is CC(C)NC(=O)C1CCC(Nc2cc(OCCn3cncn3)ncc2[N+](=O)[O-])CC1. The molecule has 0 saturated heterocycles. The van der Waals surface area contributed by atoms with Crippen molar-refractivity contribution in [3.05, 3.63) is 35.0 Å². The van der Waals surface area contributed by atoms with Crippen LogP contribution in [0.1, 0.15) is 39.5 Å². The quantitative estimate of drug-likeness (QED) is 0.468. The molecule has 2 N–H and O–H groups in total. The number of nitrogens with one attached hydrogen (secondary N) is 2. The zero-order chi connectivity index (χ0) is 21.5. The second-order valence-corrected chi connectivity index (χ2v) is 7.66. The van der Waals surface area contributed by atoms with Gasteiger partial charge in [-0.3, -0.25) is 14.9 Å². The number of nitrogens with zero attached hydrogens (tertiary/aromatic N) is 5. The third-order valence-electron chi connectivity index (χ3n) is 4.98. The van der Waals surface area contributed by atoms with E-state index in [2.05, 4.69) is 25.7 Å². The predicted molar refractivity (Wildman–Crippen MR) is 109 cm³/mol. The van der Waals surface area contributed by atoms with Crippen molar-refractivity contribution in [1.82, 2.24) is 25.1 Å². The summed E-state index contributed by atoms with van der Waals surface area (Å²) in [6, 6.07) is 1.73. The Morgan fingerprint density at radius 1 is 1.37 bits per heavy atom. The van der Waals surface area contributed by atoms with Gasteiger partial charge in [0.05, 0.1) is 11.5 Å². The standard InChI is InChI=1S/C19H27N7O4/c1-13(2)23-19(27)14-3-5-15(6-4-14)24-16-9-18(21-10-17(16)26(28)29)30-8-7-25-12-20-11-22-25/h9-15H,3-8H2,1-2H3,(H,21,24)(H,23,27). The second-order valence-electron chi connectivity index (χ2n) is 7.66. The summed E-state index contributed by atoms with van der Waals surface area (Å²) in [6.07, 6.45) is 7.24. The van der Waals surface area contributed by atoms with E-state index in [-0.39, 0.29) is 29.6 Å². The minimum Gasteiger partial charge on any atom is -0.476 e. The molecular formula is C19H27N7O4. The normalized spacial score (nSPS) is 18.8. The van der Waals surface area contributed by atoms with Crippen molar-refractivity contribution < 1.29 is 14.5 Å². The highest BCUT2D eigenvalue weighted by atomic mass is 16.6. The average molecular weight is 417 g/mol. The molecule has 2 aromatic heterocycles. The molecule has 2 aromatic rings. The highest BCUT2D eigenvalue weighted by molar-refractivity contribution is 5.79. The van der Waals surface area contributed by atoms with Crippen molar-refractivity contribution >= 4 is 17.3 Å². The van der Waals surface area contributed by atoms with Crippen LogP contribution in [0.15, 0.2) is 24.9 Å². The monoisotopic (exact) mass is 417 g/mol. The third-order valence-corrected chi connectivity index (χ3v) is 4.98. The van der Waals surface area contributed by atoms with Crippen LogP contribution in [0.4, 0.5) is 11.4 Å². The van der Waals surface area contributed by atoms with Crippen molar-refractivity contribution in [2.45, 2.75) is 58.2 Å². The molecule has 0 aliphatic heterocycles. The van der Waals surface area contributed by atoms with Crippen molar-refractivity contribution in [3.8, 4) is 5.88 Å². The molecule has 1 saturated carbocycles. The van der Waals surface area contributed by atoms with Crippen LogP contribution in [0.5, 0.6) is 5.88 Å². The molecule has 0 unspecified atom stereocenters. The molecule has 0 aromatic carbocycles. The van der Waals surface area contributed by atoms with E-state index in [4.69, 9.17) is 4.74 Å². The van der Waals surface area contributed by atoms with Gasteiger partial charge in [0.2, 0.25) is 11.8 Å². The maximum atomic E-state index is 12.2. The molecule has 1 aliphatic carbocycles. The van der Waals surface area contributed by atoms with Crippen LogP contribution < -0.4 is 15.4 Å². The van der Waals surface area contributed by atoms with Gasteiger partial charge in [-0.05, 0) is 39.5 Å². The smallest absolute Gasteiger partial charge is 0.310 e. The van der Waals surface area contributed by atoms with Gasteiger partial charge in [-0.2, -0.15) is 5.10 Å². The van der Waals surface area contributed by atoms with Gasteiger partial charge in [-0.1, -0.05) is 0 Å². The molecule has 11 nitrogen and oxygen atoms in total. The summed E-state index contributed by atoms with van der Waals surface area (Å²) in [5.74, 6) is 0.378. The number of carbonyl (C=O) groups excluding carboxylic acids is 1. The maximum absolute atomic E-state index is 12.2. The number of pyridine rings is 1. The summed E-state index contributed by atoms with van der Waals surface area (Å²) in [6.45, 7) is 4.69. The lowest BCUT2D eigenvalue weighted by molar-refractivity contribution is -0.384. The van der Waals surface area contributed by atoms with E-state index in [1.54, 1.807) is 17.1 Å². The van der Waals surface area contributed by atoms with Crippen molar-refractivity contribution in [2.75, 3.05) is 11.9 Å². The van der Waals surface area contributed by atoms with Crippen LogP contribution in [0.3, 0.4) is 0 Å².